The Kier molecular flexibility index (Phi) is 5.31. The van der Waals surface area contributed by atoms with Crippen LogP contribution in [0.25, 0.3) is 0 Å². The van der Waals surface area contributed by atoms with Crippen molar-refractivity contribution in [3.63, 3.8) is 0 Å². The first-order valence-corrected chi connectivity index (χ1v) is 8.68. The average molecular weight is 218 g/mol. The Morgan fingerprint density at radius 3 is 2.45 bits per heavy atom. The predicted octanol–water partition coefficient (Wildman–Crippen LogP) is 2.16. The van der Waals surface area contributed by atoms with Crippen LogP contribution in [-0.4, -0.2) is 25.7 Å². The number of hydrogen-bond donors (Lipinski definition) is 1. The van der Waals surface area contributed by atoms with Gasteiger partial charge in [0.25, 0.3) is 0 Å². The fourth-order valence-corrected chi connectivity index (χ4v) is 2.37. The second-order valence-electron chi connectivity index (χ2n) is 2.82. The molecule has 0 amide bonds. The summed E-state index contributed by atoms with van der Waals surface area (Å²) in [5.41, 5.74) is 4.90. The quantitative estimate of drug-likeness (QED) is 0.567. The normalized spacial score (nSPS) is 10.1. The monoisotopic (exact) mass is 218 g/mol. The van der Waals surface area contributed by atoms with Gasteiger partial charge in [0.1, 0.15) is 0 Å². The summed E-state index contributed by atoms with van der Waals surface area (Å²) in [5, 5.41) is 9.68. The fraction of sp³-hybridized carbons (Fsp3) is 0.625. The van der Waals surface area contributed by atoms with Crippen molar-refractivity contribution in [2.75, 3.05) is 0 Å². The van der Waals surface area contributed by atoms with E-state index in [1.165, 1.54) is 5.21 Å². The Bertz CT molecular complexity index is 152. The minimum atomic E-state index is -0.851. The van der Waals surface area contributed by atoms with Crippen molar-refractivity contribution >= 4 is 20.6 Å². The summed E-state index contributed by atoms with van der Waals surface area (Å²) in [4.78, 5) is 10.3. The van der Waals surface area contributed by atoms with Crippen LogP contribution >= 0.6 is 0 Å². The number of hydrogen-bond acceptors (Lipinski definition) is 1. The van der Waals surface area contributed by atoms with Crippen molar-refractivity contribution in [3.05, 3.63) is 12.2 Å². The average Bonchev–Trinajstić information content (AvgIpc) is 1.86. The van der Waals surface area contributed by atoms with Gasteiger partial charge >= 0.3 is 72.1 Å². The molecule has 0 aromatic rings. The van der Waals surface area contributed by atoms with E-state index in [-0.39, 0.29) is 0 Å². The van der Waals surface area contributed by atoms with Crippen LogP contribution < -0.4 is 0 Å². The van der Waals surface area contributed by atoms with Crippen molar-refractivity contribution < 1.29 is 9.90 Å². The van der Waals surface area contributed by atoms with Crippen LogP contribution in [0.4, 0.5) is 0 Å². The second kappa shape index (κ2) is 5.42. The van der Waals surface area contributed by atoms with Crippen molar-refractivity contribution in [3.8, 4) is 0 Å². The molecule has 0 atom stereocenters. The molecule has 0 rings (SSSR count). The number of carboxylic acid groups (broad SMARTS) is 1. The van der Waals surface area contributed by atoms with E-state index < -0.39 is 20.6 Å². The van der Waals surface area contributed by atoms with Crippen LogP contribution in [0, 0.1) is 0 Å². The Morgan fingerprint density at radius 2 is 2.09 bits per heavy atom. The topological polar surface area (TPSA) is 37.3 Å². The molecular formula is C8H15AsO2. The van der Waals surface area contributed by atoms with Crippen molar-refractivity contribution in [1.82, 2.24) is 0 Å². The molecule has 0 aromatic carbocycles. The van der Waals surface area contributed by atoms with Crippen LogP contribution in [0.5, 0.6) is 0 Å². The zero-order valence-electron chi connectivity index (χ0n) is 7.13. The Hall–Kier alpha value is -0.232. The van der Waals surface area contributed by atoms with Crippen LogP contribution in [-0.2, 0) is 4.79 Å². The molecule has 11 heavy (non-hydrogen) atoms. The molecule has 1 N–H and O–H groups in total. The predicted molar refractivity (Wildman–Crippen MR) is 48.3 cm³/mol. The molecule has 0 heterocycles. The zero-order valence-corrected chi connectivity index (χ0v) is 9.01. The molecule has 2 nitrogen and oxygen atoms in total. The van der Waals surface area contributed by atoms with Gasteiger partial charge in [-0.15, -0.1) is 0 Å². The van der Waals surface area contributed by atoms with Crippen LogP contribution in [0.2, 0.25) is 16.6 Å². The first-order chi connectivity index (χ1) is 5.04. The molecule has 0 aliphatic carbocycles. The summed E-state index contributed by atoms with van der Waals surface area (Å²) in [7, 11) is 0. The van der Waals surface area contributed by atoms with E-state index in [0.29, 0.717) is 12.0 Å². The summed E-state index contributed by atoms with van der Waals surface area (Å²) in [5.74, 6) is -0.851. The molecule has 0 radical (unpaired) electrons. The molecule has 3 heteroatoms. The Balaban J connectivity index is 3.40. The number of carboxylic acids is 1. The summed E-state index contributed by atoms with van der Waals surface area (Å²) in [6.07, 6.45) is 1.65. The van der Waals surface area contributed by atoms with Crippen molar-refractivity contribution in [2.45, 2.75) is 29.5 Å². The summed E-state index contributed by atoms with van der Waals surface area (Å²) in [6.45, 7) is 3.47. The van der Waals surface area contributed by atoms with Gasteiger partial charge in [0.15, 0.2) is 0 Å². The molecular weight excluding hydrogens is 203 g/mol. The van der Waals surface area contributed by atoms with Gasteiger partial charge in [-0.05, 0) is 0 Å². The Morgan fingerprint density at radius 1 is 1.55 bits per heavy atom. The summed E-state index contributed by atoms with van der Waals surface area (Å²) >= 11 is -0.552. The molecule has 0 aliphatic heterocycles. The third-order valence-corrected chi connectivity index (χ3v) is 3.93. The number of rotatable bonds is 5. The molecule has 0 fully saturated rings. The van der Waals surface area contributed by atoms with E-state index in [4.69, 9.17) is 5.11 Å². The number of carbonyl (C=O) groups is 1. The van der Waals surface area contributed by atoms with Crippen molar-refractivity contribution in [2.24, 2.45) is 0 Å². The van der Waals surface area contributed by atoms with Gasteiger partial charge in [0, 0.05) is 0 Å². The van der Waals surface area contributed by atoms with Crippen LogP contribution in [0.15, 0.2) is 12.2 Å². The molecule has 0 bridgehead atoms. The van der Waals surface area contributed by atoms with Gasteiger partial charge in [0.2, 0.25) is 0 Å². The Labute approximate surface area is 72.6 Å². The van der Waals surface area contributed by atoms with Crippen molar-refractivity contribution in [1.29, 1.82) is 0 Å². The van der Waals surface area contributed by atoms with Crippen LogP contribution in [0.1, 0.15) is 12.8 Å². The minimum absolute atomic E-state index is 0.348. The van der Waals surface area contributed by atoms with Gasteiger partial charge in [-0.1, -0.05) is 0 Å². The fourth-order valence-electron chi connectivity index (χ4n) is 0.716. The molecule has 0 aliphatic rings. The van der Waals surface area contributed by atoms with Gasteiger partial charge in [-0.2, -0.15) is 0 Å². The molecule has 0 saturated carbocycles. The van der Waals surface area contributed by atoms with Gasteiger partial charge < -0.3 is 0 Å². The first-order valence-electron chi connectivity index (χ1n) is 3.60. The van der Waals surface area contributed by atoms with Gasteiger partial charge in [-0.3, -0.25) is 0 Å². The molecule has 0 unspecified atom stereocenters. The first kappa shape index (κ1) is 10.8. The zero-order chi connectivity index (χ0) is 8.85. The molecule has 0 spiro atoms. The number of aliphatic carboxylic acids is 1. The van der Waals surface area contributed by atoms with Crippen LogP contribution in [0.3, 0.4) is 0 Å². The molecule has 0 aromatic heterocycles. The van der Waals surface area contributed by atoms with Gasteiger partial charge in [-0.25, -0.2) is 0 Å². The SMILES string of the molecule is C=C(CCC[As](C)C)C(=O)O. The maximum atomic E-state index is 10.3. The van der Waals surface area contributed by atoms with E-state index in [1.54, 1.807) is 0 Å². The third kappa shape index (κ3) is 6.18. The summed E-state index contributed by atoms with van der Waals surface area (Å²) in [6, 6.07) is 0. The van der Waals surface area contributed by atoms with E-state index >= 15 is 0 Å². The van der Waals surface area contributed by atoms with Gasteiger partial charge in [0.05, 0.1) is 0 Å². The summed E-state index contributed by atoms with van der Waals surface area (Å²) < 4.78 is 0. The molecule has 64 valence electrons. The third-order valence-electron chi connectivity index (χ3n) is 1.39. The van der Waals surface area contributed by atoms with E-state index in [9.17, 15) is 4.79 Å². The van der Waals surface area contributed by atoms with E-state index in [0.717, 1.165) is 6.42 Å². The van der Waals surface area contributed by atoms with E-state index in [2.05, 4.69) is 18.0 Å². The van der Waals surface area contributed by atoms with E-state index in [1.807, 2.05) is 0 Å². The maximum absolute atomic E-state index is 10.3. The standard InChI is InChI=1S/C8H15AsO2/c1-7(8(10)11)5-4-6-9(2)3/h1,4-6H2,2-3H3,(H,10,11). The molecule has 0 saturated heterocycles. The second-order valence-corrected chi connectivity index (χ2v) is 8.28.